The van der Waals surface area contributed by atoms with Crippen molar-refractivity contribution in [2.45, 2.75) is 20.8 Å². The molecule has 0 unspecified atom stereocenters. The van der Waals surface area contributed by atoms with Crippen molar-refractivity contribution in [3.8, 4) is 18.1 Å². The molecule has 0 fully saturated rings. The Bertz CT molecular complexity index is 467. The maximum absolute atomic E-state index is 9.22. The Balaban J connectivity index is 3.43. The number of methoxy groups -OCH3 is 1. The van der Waals surface area contributed by atoms with Crippen molar-refractivity contribution in [2.24, 2.45) is 0 Å². The van der Waals surface area contributed by atoms with Crippen LogP contribution in [0.2, 0.25) is 0 Å². The SMILES string of the molecule is C#CC(CO)=C(C)c1c(C)cc(OC)cc1C. The minimum Gasteiger partial charge on any atom is -0.497 e. The summed E-state index contributed by atoms with van der Waals surface area (Å²) in [7, 11) is 1.65. The van der Waals surface area contributed by atoms with Gasteiger partial charge in [0.25, 0.3) is 0 Å². The van der Waals surface area contributed by atoms with Crippen LogP contribution < -0.4 is 4.74 Å². The van der Waals surface area contributed by atoms with Crippen molar-refractivity contribution >= 4 is 5.57 Å². The van der Waals surface area contributed by atoms with Crippen LogP contribution in [0.15, 0.2) is 17.7 Å². The predicted molar refractivity (Wildman–Crippen MR) is 71.0 cm³/mol. The van der Waals surface area contributed by atoms with Crippen molar-refractivity contribution in [3.63, 3.8) is 0 Å². The van der Waals surface area contributed by atoms with Gasteiger partial charge in [-0.05, 0) is 55.2 Å². The summed E-state index contributed by atoms with van der Waals surface area (Å²) in [6.45, 7) is 5.86. The van der Waals surface area contributed by atoms with Gasteiger partial charge in [0.2, 0.25) is 0 Å². The van der Waals surface area contributed by atoms with Gasteiger partial charge < -0.3 is 9.84 Å². The molecule has 0 aromatic heterocycles. The average molecular weight is 230 g/mol. The predicted octanol–water partition coefficient (Wildman–Crippen LogP) is 2.71. The first-order valence-electron chi connectivity index (χ1n) is 5.48. The maximum atomic E-state index is 9.22. The summed E-state index contributed by atoms with van der Waals surface area (Å²) in [6.07, 6.45) is 5.39. The Morgan fingerprint density at radius 3 is 2.24 bits per heavy atom. The van der Waals surface area contributed by atoms with Crippen LogP contribution in [0.25, 0.3) is 5.57 Å². The van der Waals surface area contributed by atoms with Crippen molar-refractivity contribution in [1.82, 2.24) is 0 Å². The number of benzene rings is 1. The number of hydrogen-bond donors (Lipinski definition) is 1. The monoisotopic (exact) mass is 230 g/mol. The lowest BCUT2D eigenvalue weighted by molar-refractivity contribution is 0.336. The van der Waals surface area contributed by atoms with E-state index < -0.39 is 0 Å². The van der Waals surface area contributed by atoms with E-state index in [2.05, 4.69) is 5.92 Å². The van der Waals surface area contributed by atoms with Crippen molar-refractivity contribution in [2.75, 3.05) is 13.7 Å². The molecule has 0 amide bonds. The summed E-state index contributed by atoms with van der Waals surface area (Å²) in [5, 5.41) is 9.22. The van der Waals surface area contributed by atoms with E-state index in [0.29, 0.717) is 5.57 Å². The zero-order valence-electron chi connectivity index (χ0n) is 10.8. The van der Waals surface area contributed by atoms with E-state index in [0.717, 1.165) is 28.0 Å². The van der Waals surface area contributed by atoms with Crippen molar-refractivity contribution in [3.05, 3.63) is 34.4 Å². The zero-order valence-corrected chi connectivity index (χ0v) is 10.8. The molecule has 0 heterocycles. The standard InChI is InChI=1S/C15H18O2/c1-6-13(9-16)12(4)15-10(2)7-14(17-5)8-11(15)3/h1,7-8,16H,9H2,2-5H3. The van der Waals surface area contributed by atoms with Gasteiger partial charge in [-0.25, -0.2) is 0 Å². The number of ether oxygens (including phenoxy) is 1. The molecule has 1 aromatic rings. The summed E-state index contributed by atoms with van der Waals surface area (Å²) in [6, 6.07) is 3.94. The number of aryl methyl sites for hydroxylation is 2. The average Bonchev–Trinajstić information content (AvgIpc) is 2.29. The van der Waals surface area contributed by atoms with Crippen molar-refractivity contribution < 1.29 is 9.84 Å². The highest BCUT2D eigenvalue weighted by atomic mass is 16.5. The molecular formula is C15H18O2. The van der Waals surface area contributed by atoms with Gasteiger partial charge >= 0.3 is 0 Å². The highest BCUT2D eigenvalue weighted by Gasteiger charge is 2.10. The van der Waals surface area contributed by atoms with Crippen LogP contribution in [0.3, 0.4) is 0 Å². The van der Waals surface area contributed by atoms with Crippen LogP contribution in [0, 0.1) is 26.2 Å². The fourth-order valence-corrected chi connectivity index (χ4v) is 2.06. The van der Waals surface area contributed by atoms with E-state index >= 15 is 0 Å². The number of rotatable bonds is 3. The number of aliphatic hydroxyl groups is 1. The molecule has 1 aromatic carbocycles. The van der Waals surface area contributed by atoms with E-state index in [-0.39, 0.29) is 6.61 Å². The summed E-state index contributed by atoms with van der Waals surface area (Å²) < 4.78 is 5.22. The van der Waals surface area contributed by atoms with Crippen LogP contribution in [-0.2, 0) is 0 Å². The molecule has 0 saturated carbocycles. The second kappa shape index (κ2) is 5.56. The summed E-state index contributed by atoms with van der Waals surface area (Å²) in [4.78, 5) is 0. The fraction of sp³-hybridized carbons (Fsp3) is 0.333. The quantitative estimate of drug-likeness (QED) is 0.809. The van der Waals surface area contributed by atoms with Gasteiger partial charge in [0.15, 0.2) is 0 Å². The highest BCUT2D eigenvalue weighted by Crippen LogP contribution is 2.29. The molecule has 2 heteroatoms. The summed E-state index contributed by atoms with van der Waals surface area (Å²) in [5.74, 6) is 3.37. The lowest BCUT2D eigenvalue weighted by Crippen LogP contribution is -1.98. The molecule has 0 aliphatic heterocycles. The van der Waals surface area contributed by atoms with Gasteiger partial charge in [-0.15, -0.1) is 6.42 Å². The summed E-state index contributed by atoms with van der Waals surface area (Å²) >= 11 is 0. The number of terminal acetylenes is 1. The van der Waals surface area contributed by atoms with E-state index in [1.807, 2.05) is 32.9 Å². The Labute approximate surface area is 103 Å². The Morgan fingerprint density at radius 2 is 1.88 bits per heavy atom. The first-order valence-corrected chi connectivity index (χ1v) is 5.48. The molecular weight excluding hydrogens is 212 g/mol. The van der Waals surface area contributed by atoms with E-state index in [1.165, 1.54) is 0 Å². The molecule has 2 nitrogen and oxygen atoms in total. The van der Waals surface area contributed by atoms with Crippen molar-refractivity contribution in [1.29, 1.82) is 0 Å². The van der Waals surface area contributed by atoms with Gasteiger partial charge in [0.05, 0.1) is 13.7 Å². The Hall–Kier alpha value is -1.72. The van der Waals surface area contributed by atoms with E-state index in [9.17, 15) is 5.11 Å². The molecule has 1 rings (SSSR count). The van der Waals surface area contributed by atoms with Crippen LogP contribution in [0.5, 0.6) is 5.75 Å². The minimum atomic E-state index is -0.104. The third-order valence-corrected chi connectivity index (χ3v) is 2.90. The smallest absolute Gasteiger partial charge is 0.119 e. The van der Waals surface area contributed by atoms with Crippen LogP contribution in [0.4, 0.5) is 0 Å². The normalized spacial score (nSPS) is 11.8. The molecule has 90 valence electrons. The van der Waals surface area contributed by atoms with E-state index in [4.69, 9.17) is 11.2 Å². The first-order chi connectivity index (χ1) is 8.04. The molecule has 0 atom stereocenters. The Morgan fingerprint density at radius 1 is 1.35 bits per heavy atom. The molecule has 0 aliphatic rings. The highest BCUT2D eigenvalue weighted by molar-refractivity contribution is 5.75. The molecule has 0 radical (unpaired) electrons. The molecule has 1 N–H and O–H groups in total. The largest absolute Gasteiger partial charge is 0.497 e. The third-order valence-electron chi connectivity index (χ3n) is 2.90. The topological polar surface area (TPSA) is 29.5 Å². The fourth-order valence-electron chi connectivity index (χ4n) is 2.06. The van der Waals surface area contributed by atoms with Gasteiger partial charge in [-0.2, -0.15) is 0 Å². The minimum absolute atomic E-state index is 0.104. The molecule has 0 saturated heterocycles. The van der Waals surface area contributed by atoms with Gasteiger partial charge in [-0.1, -0.05) is 5.92 Å². The van der Waals surface area contributed by atoms with Gasteiger partial charge in [-0.3, -0.25) is 0 Å². The Kier molecular flexibility index (Phi) is 4.37. The second-order valence-electron chi connectivity index (χ2n) is 4.04. The molecule has 0 bridgehead atoms. The van der Waals surface area contributed by atoms with Gasteiger partial charge in [0.1, 0.15) is 5.75 Å². The number of allylic oxidation sites excluding steroid dienone is 1. The molecule has 0 spiro atoms. The molecule has 17 heavy (non-hydrogen) atoms. The van der Waals surface area contributed by atoms with E-state index in [1.54, 1.807) is 7.11 Å². The second-order valence-corrected chi connectivity index (χ2v) is 4.04. The zero-order chi connectivity index (χ0) is 13.0. The lowest BCUT2D eigenvalue weighted by atomic mass is 9.93. The lowest BCUT2D eigenvalue weighted by Gasteiger charge is -2.14. The van der Waals surface area contributed by atoms with Gasteiger partial charge in [0, 0.05) is 5.57 Å². The first kappa shape index (κ1) is 13.3. The summed E-state index contributed by atoms with van der Waals surface area (Å²) in [5.41, 5.74) is 4.86. The van der Waals surface area contributed by atoms with Crippen LogP contribution in [0.1, 0.15) is 23.6 Å². The third kappa shape index (κ3) is 2.69. The maximum Gasteiger partial charge on any atom is 0.119 e. The number of hydrogen-bond acceptors (Lipinski definition) is 2. The number of aliphatic hydroxyl groups excluding tert-OH is 1. The van der Waals surface area contributed by atoms with Crippen LogP contribution >= 0.6 is 0 Å². The van der Waals surface area contributed by atoms with Crippen LogP contribution in [-0.4, -0.2) is 18.8 Å². The molecule has 0 aliphatic carbocycles.